The number of nitrogens with one attached hydrogen (secondary N) is 2. The molecule has 0 aromatic carbocycles. The molecule has 132 valence electrons. The lowest BCUT2D eigenvalue weighted by Gasteiger charge is -2.18. The second-order valence-corrected chi connectivity index (χ2v) is 5.83. The first kappa shape index (κ1) is 19.5. The molecule has 1 aromatic heterocycles. The summed E-state index contributed by atoms with van der Waals surface area (Å²) in [6, 6.07) is 0.293. The van der Waals surface area contributed by atoms with E-state index in [0.717, 1.165) is 50.8 Å². The molecule has 0 bridgehead atoms. The van der Waals surface area contributed by atoms with Crippen molar-refractivity contribution in [2.24, 2.45) is 12.0 Å². The fourth-order valence-electron chi connectivity index (χ4n) is 2.53. The highest BCUT2D eigenvalue weighted by Gasteiger charge is 2.13. The average molecular weight is 323 g/mol. The number of guanidine groups is 1. The highest BCUT2D eigenvalue weighted by atomic mass is 16.5. The van der Waals surface area contributed by atoms with Gasteiger partial charge in [-0.1, -0.05) is 0 Å². The van der Waals surface area contributed by atoms with Gasteiger partial charge in [0.2, 0.25) is 0 Å². The van der Waals surface area contributed by atoms with Crippen molar-refractivity contribution in [1.82, 2.24) is 20.4 Å². The molecule has 6 heteroatoms. The lowest BCUT2D eigenvalue weighted by Crippen LogP contribution is -2.43. The summed E-state index contributed by atoms with van der Waals surface area (Å²) < 4.78 is 7.29. The van der Waals surface area contributed by atoms with Crippen molar-refractivity contribution < 1.29 is 4.74 Å². The van der Waals surface area contributed by atoms with Gasteiger partial charge in [0.15, 0.2) is 5.96 Å². The lowest BCUT2D eigenvalue weighted by molar-refractivity contribution is 0.146. The van der Waals surface area contributed by atoms with Crippen molar-refractivity contribution in [3.8, 4) is 0 Å². The van der Waals surface area contributed by atoms with Gasteiger partial charge >= 0.3 is 0 Å². The summed E-state index contributed by atoms with van der Waals surface area (Å²) in [5.41, 5.74) is 3.66. The number of aliphatic imine (C=N–C) groups is 1. The van der Waals surface area contributed by atoms with Gasteiger partial charge in [0.05, 0.1) is 5.69 Å². The first-order valence-electron chi connectivity index (χ1n) is 8.61. The van der Waals surface area contributed by atoms with Gasteiger partial charge < -0.3 is 15.4 Å². The van der Waals surface area contributed by atoms with Gasteiger partial charge in [-0.2, -0.15) is 5.10 Å². The van der Waals surface area contributed by atoms with Gasteiger partial charge in [-0.05, 0) is 53.0 Å². The second-order valence-electron chi connectivity index (χ2n) is 5.83. The van der Waals surface area contributed by atoms with Crippen molar-refractivity contribution in [2.45, 2.75) is 53.5 Å². The molecule has 23 heavy (non-hydrogen) atoms. The third-order valence-electron chi connectivity index (χ3n) is 3.82. The Morgan fingerprint density at radius 1 is 1.35 bits per heavy atom. The largest absolute Gasteiger partial charge is 0.382 e. The van der Waals surface area contributed by atoms with Gasteiger partial charge in [-0.25, -0.2) is 0 Å². The Kier molecular flexibility index (Phi) is 8.69. The summed E-state index contributed by atoms with van der Waals surface area (Å²) in [7, 11) is 1.99. The number of hydrogen-bond donors (Lipinski definition) is 2. The molecule has 1 atom stereocenters. The summed E-state index contributed by atoms with van der Waals surface area (Å²) in [6.45, 7) is 13.6. The smallest absolute Gasteiger partial charge is 0.191 e. The highest BCUT2D eigenvalue weighted by Crippen LogP contribution is 2.14. The molecule has 0 amide bonds. The van der Waals surface area contributed by atoms with Gasteiger partial charge in [0.25, 0.3) is 0 Å². The quantitative estimate of drug-likeness (QED) is 0.414. The molecule has 1 aromatic rings. The Morgan fingerprint density at radius 3 is 2.65 bits per heavy atom. The molecule has 1 rings (SSSR count). The Balaban J connectivity index is 2.56. The molecule has 0 aliphatic carbocycles. The minimum absolute atomic E-state index is 0.293. The van der Waals surface area contributed by atoms with Crippen molar-refractivity contribution in [3.05, 3.63) is 17.0 Å². The van der Waals surface area contributed by atoms with E-state index in [4.69, 9.17) is 4.74 Å². The van der Waals surface area contributed by atoms with Crippen LogP contribution in [0.4, 0.5) is 0 Å². The molecular weight excluding hydrogens is 290 g/mol. The molecular formula is C17H33N5O. The Morgan fingerprint density at radius 2 is 2.09 bits per heavy atom. The van der Waals surface area contributed by atoms with Gasteiger partial charge in [-0.15, -0.1) is 0 Å². The predicted octanol–water partition coefficient (Wildman–Crippen LogP) is 1.95. The van der Waals surface area contributed by atoms with Crippen molar-refractivity contribution in [1.29, 1.82) is 0 Å². The zero-order valence-corrected chi connectivity index (χ0v) is 15.6. The van der Waals surface area contributed by atoms with E-state index in [0.29, 0.717) is 6.04 Å². The first-order valence-corrected chi connectivity index (χ1v) is 8.61. The third kappa shape index (κ3) is 6.60. The van der Waals surface area contributed by atoms with E-state index < -0.39 is 0 Å². The van der Waals surface area contributed by atoms with E-state index in [9.17, 15) is 0 Å². The molecule has 0 saturated carbocycles. The van der Waals surface area contributed by atoms with Gasteiger partial charge in [0.1, 0.15) is 0 Å². The third-order valence-corrected chi connectivity index (χ3v) is 3.82. The van der Waals surface area contributed by atoms with Crippen LogP contribution in [0, 0.1) is 13.8 Å². The number of ether oxygens (including phenoxy) is 1. The van der Waals surface area contributed by atoms with Crippen LogP contribution in [-0.4, -0.2) is 48.1 Å². The standard InChI is InChI=1S/C17H33N5O/c1-7-18-17(19-10-9-11-23-8-2)20-13(3)12-16-14(4)21-22(6)15(16)5/h13H,7-12H2,1-6H3,(H2,18,19,20). The van der Waals surface area contributed by atoms with Crippen LogP contribution in [0.1, 0.15) is 44.1 Å². The Labute approximate surface area is 140 Å². The minimum atomic E-state index is 0.293. The minimum Gasteiger partial charge on any atom is -0.382 e. The fraction of sp³-hybridized carbons (Fsp3) is 0.765. The Hall–Kier alpha value is -1.56. The van der Waals surface area contributed by atoms with Crippen LogP contribution in [0.5, 0.6) is 0 Å². The van der Waals surface area contributed by atoms with Crippen LogP contribution >= 0.6 is 0 Å². The number of aromatic nitrogens is 2. The zero-order valence-electron chi connectivity index (χ0n) is 15.6. The van der Waals surface area contributed by atoms with Gasteiger partial charge in [-0.3, -0.25) is 9.67 Å². The summed E-state index contributed by atoms with van der Waals surface area (Å²) in [6.07, 6.45) is 1.88. The molecule has 6 nitrogen and oxygen atoms in total. The van der Waals surface area contributed by atoms with Gasteiger partial charge in [0, 0.05) is 45.1 Å². The monoisotopic (exact) mass is 323 g/mol. The molecule has 0 aliphatic heterocycles. The van der Waals surface area contributed by atoms with E-state index in [1.54, 1.807) is 0 Å². The van der Waals surface area contributed by atoms with E-state index in [1.807, 2.05) is 18.7 Å². The topological polar surface area (TPSA) is 63.5 Å². The molecule has 1 heterocycles. The van der Waals surface area contributed by atoms with E-state index in [1.165, 1.54) is 11.3 Å². The normalized spacial score (nSPS) is 13.2. The number of nitrogens with zero attached hydrogens (tertiary/aromatic N) is 3. The summed E-state index contributed by atoms with van der Waals surface area (Å²) in [5, 5.41) is 11.3. The number of rotatable bonds is 9. The molecule has 0 fully saturated rings. The zero-order chi connectivity index (χ0) is 17.2. The van der Waals surface area contributed by atoms with E-state index in [2.05, 4.69) is 48.4 Å². The second kappa shape index (κ2) is 10.3. The molecule has 2 N–H and O–H groups in total. The molecule has 0 aliphatic rings. The maximum Gasteiger partial charge on any atom is 0.191 e. The number of aryl methyl sites for hydroxylation is 2. The summed E-state index contributed by atoms with van der Waals surface area (Å²) in [4.78, 5) is 4.61. The fourth-order valence-corrected chi connectivity index (χ4v) is 2.53. The van der Waals surface area contributed by atoms with E-state index >= 15 is 0 Å². The van der Waals surface area contributed by atoms with Crippen LogP contribution in [-0.2, 0) is 18.2 Å². The van der Waals surface area contributed by atoms with Crippen LogP contribution in [0.15, 0.2) is 4.99 Å². The molecule has 0 saturated heterocycles. The van der Waals surface area contributed by atoms with Crippen LogP contribution in [0.25, 0.3) is 0 Å². The SMILES string of the molecule is CCNC(=NCCCOCC)NC(C)Cc1c(C)nn(C)c1C. The maximum absolute atomic E-state index is 5.34. The van der Waals surface area contributed by atoms with Crippen LogP contribution in [0.2, 0.25) is 0 Å². The molecule has 0 radical (unpaired) electrons. The Bertz CT molecular complexity index is 495. The summed E-state index contributed by atoms with van der Waals surface area (Å²) >= 11 is 0. The molecule has 1 unspecified atom stereocenters. The number of hydrogen-bond acceptors (Lipinski definition) is 3. The maximum atomic E-state index is 5.34. The van der Waals surface area contributed by atoms with Crippen molar-refractivity contribution in [3.63, 3.8) is 0 Å². The highest BCUT2D eigenvalue weighted by molar-refractivity contribution is 5.80. The molecule has 0 spiro atoms. The average Bonchev–Trinajstić information content (AvgIpc) is 2.73. The summed E-state index contributed by atoms with van der Waals surface area (Å²) in [5.74, 6) is 0.871. The van der Waals surface area contributed by atoms with Crippen molar-refractivity contribution >= 4 is 5.96 Å². The van der Waals surface area contributed by atoms with E-state index in [-0.39, 0.29) is 0 Å². The van der Waals surface area contributed by atoms with Crippen LogP contribution in [0.3, 0.4) is 0 Å². The lowest BCUT2D eigenvalue weighted by atomic mass is 10.1. The van der Waals surface area contributed by atoms with Crippen molar-refractivity contribution in [2.75, 3.05) is 26.3 Å². The van der Waals surface area contributed by atoms with Crippen LogP contribution < -0.4 is 10.6 Å². The predicted molar refractivity (Wildman–Crippen MR) is 96.1 cm³/mol. The first-order chi connectivity index (χ1) is 11.0.